The van der Waals surface area contributed by atoms with Crippen molar-refractivity contribution in [1.82, 2.24) is 5.32 Å². The Bertz CT molecular complexity index is 359. The van der Waals surface area contributed by atoms with Crippen molar-refractivity contribution < 1.29 is 9.53 Å². The molecule has 0 heterocycles. The van der Waals surface area contributed by atoms with Crippen LogP contribution in [0.4, 0.5) is 0 Å². The number of carbonyl (C=O) groups excluding carboxylic acids is 1. The van der Waals surface area contributed by atoms with Gasteiger partial charge in [0.1, 0.15) is 5.75 Å². The average Bonchev–Trinajstić information content (AvgIpc) is 2.38. The quantitative estimate of drug-likeness (QED) is 0.823. The van der Waals surface area contributed by atoms with Gasteiger partial charge in [-0.2, -0.15) is 0 Å². The standard InChI is InChI=1S/C14H21NO2/c1-4-12(5-2)14(16)15-10-11-7-6-8-13(9-11)17-3/h6-9,12H,4-5,10H2,1-3H3,(H,15,16). The third kappa shape index (κ3) is 4.10. The van der Waals surface area contributed by atoms with Crippen LogP contribution in [-0.2, 0) is 11.3 Å². The highest BCUT2D eigenvalue weighted by molar-refractivity contribution is 5.78. The first-order valence-electron chi connectivity index (χ1n) is 6.11. The molecule has 0 atom stereocenters. The molecule has 1 aromatic rings. The summed E-state index contributed by atoms with van der Waals surface area (Å²) in [6, 6.07) is 7.74. The normalized spacial score (nSPS) is 10.4. The molecule has 0 saturated carbocycles. The maximum absolute atomic E-state index is 11.8. The van der Waals surface area contributed by atoms with Crippen molar-refractivity contribution >= 4 is 5.91 Å². The summed E-state index contributed by atoms with van der Waals surface area (Å²) in [6.45, 7) is 4.64. The molecule has 0 aromatic heterocycles. The van der Waals surface area contributed by atoms with Gasteiger partial charge in [-0.15, -0.1) is 0 Å². The van der Waals surface area contributed by atoms with Crippen molar-refractivity contribution in [3.63, 3.8) is 0 Å². The predicted octanol–water partition coefficient (Wildman–Crippen LogP) is 2.75. The Balaban J connectivity index is 2.52. The van der Waals surface area contributed by atoms with E-state index in [2.05, 4.69) is 5.32 Å². The molecule has 0 unspecified atom stereocenters. The molecule has 94 valence electrons. The highest BCUT2D eigenvalue weighted by Gasteiger charge is 2.13. The second kappa shape index (κ2) is 6.94. The third-order valence-corrected chi connectivity index (χ3v) is 2.96. The number of amides is 1. The van der Waals surface area contributed by atoms with E-state index >= 15 is 0 Å². The lowest BCUT2D eigenvalue weighted by molar-refractivity contribution is -0.125. The van der Waals surface area contributed by atoms with E-state index in [0.717, 1.165) is 24.2 Å². The molecule has 1 amide bonds. The second-order valence-electron chi connectivity index (χ2n) is 4.08. The van der Waals surface area contributed by atoms with Gasteiger partial charge < -0.3 is 10.1 Å². The van der Waals surface area contributed by atoms with Crippen molar-refractivity contribution in [2.24, 2.45) is 5.92 Å². The smallest absolute Gasteiger partial charge is 0.223 e. The lowest BCUT2D eigenvalue weighted by Gasteiger charge is -2.13. The first-order valence-corrected chi connectivity index (χ1v) is 6.11. The zero-order valence-corrected chi connectivity index (χ0v) is 10.8. The molecule has 0 aliphatic heterocycles. The van der Waals surface area contributed by atoms with Crippen LogP contribution in [0.5, 0.6) is 5.75 Å². The van der Waals surface area contributed by atoms with E-state index in [1.54, 1.807) is 7.11 Å². The van der Waals surface area contributed by atoms with Crippen molar-refractivity contribution in [2.75, 3.05) is 7.11 Å². The van der Waals surface area contributed by atoms with Crippen molar-refractivity contribution in [2.45, 2.75) is 33.2 Å². The fourth-order valence-electron chi connectivity index (χ4n) is 1.78. The van der Waals surface area contributed by atoms with Gasteiger partial charge in [-0.1, -0.05) is 26.0 Å². The number of rotatable bonds is 6. The molecule has 3 nitrogen and oxygen atoms in total. The molecule has 0 bridgehead atoms. The fraction of sp³-hybridized carbons (Fsp3) is 0.500. The van der Waals surface area contributed by atoms with Crippen LogP contribution in [0.2, 0.25) is 0 Å². The van der Waals surface area contributed by atoms with Crippen LogP contribution in [-0.4, -0.2) is 13.0 Å². The Labute approximate surface area is 103 Å². The molecule has 17 heavy (non-hydrogen) atoms. The van der Waals surface area contributed by atoms with E-state index in [4.69, 9.17) is 4.74 Å². The monoisotopic (exact) mass is 235 g/mol. The second-order valence-corrected chi connectivity index (χ2v) is 4.08. The summed E-state index contributed by atoms with van der Waals surface area (Å²) in [6.07, 6.45) is 1.78. The summed E-state index contributed by atoms with van der Waals surface area (Å²) in [5.74, 6) is 1.08. The summed E-state index contributed by atoms with van der Waals surface area (Å²) in [7, 11) is 1.64. The lowest BCUT2D eigenvalue weighted by Crippen LogP contribution is -2.29. The molecule has 0 aliphatic rings. The summed E-state index contributed by atoms with van der Waals surface area (Å²) in [5, 5.41) is 2.96. The molecule has 1 aromatic carbocycles. The number of hydrogen-bond donors (Lipinski definition) is 1. The maximum Gasteiger partial charge on any atom is 0.223 e. The molecule has 1 rings (SSSR count). The molecular weight excluding hydrogens is 214 g/mol. The maximum atomic E-state index is 11.8. The minimum Gasteiger partial charge on any atom is -0.497 e. The summed E-state index contributed by atoms with van der Waals surface area (Å²) < 4.78 is 5.14. The van der Waals surface area contributed by atoms with Crippen LogP contribution in [0, 0.1) is 5.92 Å². The number of benzene rings is 1. The lowest BCUT2D eigenvalue weighted by atomic mass is 10.0. The van der Waals surface area contributed by atoms with E-state index in [1.165, 1.54) is 0 Å². The topological polar surface area (TPSA) is 38.3 Å². The molecule has 0 radical (unpaired) electrons. The van der Waals surface area contributed by atoms with Crippen LogP contribution < -0.4 is 10.1 Å². The summed E-state index contributed by atoms with van der Waals surface area (Å²) >= 11 is 0. The van der Waals surface area contributed by atoms with Gasteiger partial charge in [-0.3, -0.25) is 4.79 Å². The predicted molar refractivity (Wildman–Crippen MR) is 68.9 cm³/mol. The molecule has 1 N–H and O–H groups in total. The fourth-order valence-corrected chi connectivity index (χ4v) is 1.78. The number of nitrogens with one attached hydrogen (secondary N) is 1. The Hall–Kier alpha value is -1.51. The average molecular weight is 235 g/mol. The first-order chi connectivity index (χ1) is 8.21. The number of ether oxygens (including phenoxy) is 1. The van der Waals surface area contributed by atoms with Crippen LogP contribution >= 0.6 is 0 Å². The van der Waals surface area contributed by atoms with Crippen LogP contribution in [0.25, 0.3) is 0 Å². The number of hydrogen-bond acceptors (Lipinski definition) is 2. The zero-order chi connectivity index (χ0) is 12.7. The van der Waals surface area contributed by atoms with Crippen molar-refractivity contribution in [1.29, 1.82) is 0 Å². The van der Waals surface area contributed by atoms with Gasteiger partial charge in [0.2, 0.25) is 5.91 Å². The minimum atomic E-state index is 0.126. The van der Waals surface area contributed by atoms with Crippen LogP contribution in [0.15, 0.2) is 24.3 Å². The van der Waals surface area contributed by atoms with Crippen molar-refractivity contribution in [3.8, 4) is 5.75 Å². The van der Waals surface area contributed by atoms with Gasteiger partial charge in [0, 0.05) is 12.5 Å². The third-order valence-electron chi connectivity index (χ3n) is 2.96. The molecule has 0 spiro atoms. The van der Waals surface area contributed by atoms with E-state index in [1.807, 2.05) is 38.1 Å². The Kier molecular flexibility index (Phi) is 5.53. The van der Waals surface area contributed by atoms with Gasteiger partial charge >= 0.3 is 0 Å². The van der Waals surface area contributed by atoms with E-state index in [0.29, 0.717) is 6.54 Å². The highest BCUT2D eigenvalue weighted by atomic mass is 16.5. The number of carbonyl (C=O) groups is 1. The zero-order valence-electron chi connectivity index (χ0n) is 10.8. The summed E-state index contributed by atoms with van der Waals surface area (Å²) in [4.78, 5) is 11.8. The van der Waals surface area contributed by atoms with Crippen molar-refractivity contribution in [3.05, 3.63) is 29.8 Å². The SMILES string of the molecule is CCC(CC)C(=O)NCc1cccc(OC)c1. The van der Waals surface area contributed by atoms with E-state index in [9.17, 15) is 4.79 Å². The molecule has 0 aliphatic carbocycles. The Morgan fingerprint density at radius 3 is 2.65 bits per heavy atom. The first kappa shape index (κ1) is 13.6. The largest absolute Gasteiger partial charge is 0.497 e. The van der Waals surface area contributed by atoms with E-state index in [-0.39, 0.29) is 11.8 Å². The van der Waals surface area contributed by atoms with Gasteiger partial charge in [-0.05, 0) is 30.5 Å². The Morgan fingerprint density at radius 2 is 2.06 bits per heavy atom. The minimum absolute atomic E-state index is 0.126. The van der Waals surface area contributed by atoms with Crippen LogP contribution in [0.3, 0.4) is 0 Å². The highest BCUT2D eigenvalue weighted by Crippen LogP contribution is 2.13. The van der Waals surface area contributed by atoms with Gasteiger partial charge in [-0.25, -0.2) is 0 Å². The molecular formula is C14H21NO2. The summed E-state index contributed by atoms with van der Waals surface area (Å²) in [5.41, 5.74) is 1.06. The van der Waals surface area contributed by atoms with Gasteiger partial charge in [0.05, 0.1) is 7.11 Å². The molecule has 3 heteroatoms. The molecule has 0 fully saturated rings. The molecule has 0 saturated heterocycles. The van der Waals surface area contributed by atoms with Crippen LogP contribution in [0.1, 0.15) is 32.3 Å². The van der Waals surface area contributed by atoms with Gasteiger partial charge in [0.25, 0.3) is 0 Å². The Morgan fingerprint density at radius 1 is 1.35 bits per heavy atom. The van der Waals surface area contributed by atoms with Gasteiger partial charge in [0.15, 0.2) is 0 Å². The number of methoxy groups -OCH3 is 1. The van der Waals surface area contributed by atoms with E-state index < -0.39 is 0 Å².